The number of rotatable bonds is 11. The summed E-state index contributed by atoms with van der Waals surface area (Å²) in [5.74, 6) is -1.83. The lowest BCUT2D eigenvalue weighted by Gasteiger charge is -2.18. The Morgan fingerprint density at radius 3 is 2.29 bits per heavy atom. The number of carbonyl (C=O) groups is 2. The Hall–Kier alpha value is -3.97. The molecule has 3 aromatic rings. The SMILES string of the molecule is C/C=C\C=C(/C)c1c(C(=O)Nc2ccccc2)c(C(C)C)n(CCC(O)CC(=O)O)c1-c1ccc(F)cc1. The summed E-state index contributed by atoms with van der Waals surface area (Å²) in [6.45, 7) is 8.08. The number of carbonyl (C=O) groups excluding carboxylic acids is 1. The quantitative estimate of drug-likeness (QED) is 0.241. The zero-order valence-electron chi connectivity index (χ0n) is 22.2. The second-order valence-corrected chi connectivity index (χ2v) is 9.53. The Labute approximate surface area is 223 Å². The van der Waals surface area contributed by atoms with E-state index in [2.05, 4.69) is 5.32 Å². The second-order valence-electron chi connectivity index (χ2n) is 9.53. The first kappa shape index (κ1) is 28.6. The fraction of sp³-hybridized carbons (Fsp3) is 0.290. The maximum atomic E-state index is 13.9. The smallest absolute Gasteiger partial charge is 0.305 e. The molecule has 0 aliphatic heterocycles. The van der Waals surface area contributed by atoms with Crippen molar-refractivity contribution in [3.05, 3.63) is 95.5 Å². The van der Waals surface area contributed by atoms with Crippen LogP contribution in [0.3, 0.4) is 0 Å². The van der Waals surface area contributed by atoms with Gasteiger partial charge in [-0.2, -0.15) is 0 Å². The highest BCUT2D eigenvalue weighted by molar-refractivity contribution is 6.10. The second kappa shape index (κ2) is 13.0. The standard InChI is InChI=1S/C31H35FN2O4/c1-5-6-10-21(4)27-28(31(38)33-24-11-8-7-9-12-24)29(20(2)3)34(18-17-25(35)19-26(36)37)30(27)22-13-15-23(32)16-14-22/h5-16,20,25,35H,17-19H2,1-4H3,(H,33,38)(H,36,37)/b6-5-,21-10+. The van der Waals surface area contributed by atoms with Crippen LogP contribution in [-0.2, 0) is 11.3 Å². The van der Waals surface area contributed by atoms with Crippen LogP contribution in [-0.4, -0.2) is 32.8 Å². The number of carboxylic acids is 1. The third kappa shape index (κ3) is 6.86. The molecule has 3 rings (SSSR count). The summed E-state index contributed by atoms with van der Waals surface area (Å²) < 4.78 is 15.9. The van der Waals surface area contributed by atoms with Gasteiger partial charge in [0.25, 0.3) is 5.91 Å². The molecule has 0 aliphatic carbocycles. The van der Waals surface area contributed by atoms with E-state index in [0.29, 0.717) is 28.1 Å². The van der Waals surface area contributed by atoms with Gasteiger partial charge in [0.05, 0.1) is 23.8 Å². The molecule has 0 aliphatic rings. The van der Waals surface area contributed by atoms with Gasteiger partial charge in [0.1, 0.15) is 5.82 Å². The first-order chi connectivity index (χ1) is 18.1. The molecule has 0 saturated carbocycles. The monoisotopic (exact) mass is 518 g/mol. The minimum atomic E-state index is -1.08. The number of carboxylic acid groups (broad SMARTS) is 1. The molecule has 200 valence electrons. The molecule has 38 heavy (non-hydrogen) atoms. The van der Waals surface area contributed by atoms with Crippen molar-refractivity contribution in [1.29, 1.82) is 0 Å². The van der Waals surface area contributed by atoms with Gasteiger partial charge >= 0.3 is 5.97 Å². The molecule has 0 spiro atoms. The lowest BCUT2D eigenvalue weighted by molar-refractivity contribution is -0.139. The first-order valence-electron chi connectivity index (χ1n) is 12.7. The number of aromatic nitrogens is 1. The molecular formula is C31H35FN2O4. The van der Waals surface area contributed by atoms with Crippen LogP contribution in [0.4, 0.5) is 10.1 Å². The number of para-hydroxylation sites is 1. The van der Waals surface area contributed by atoms with E-state index in [4.69, 9.17) is 5.11 Å². The molecule has 0 bridgehead atoms. The van der Waals surface area contributed by atoms with Crippen molar-refractivity contribution in [2.45, 2.75) is 59.1 Å². The number of halogens is 1. The van der Waals surface area contributed by atoms with Crippen molar-refractivity contribution in [2.24, 2.45) is 0 Å². The van der Waals surface area contributed by atoms with E-state index in [1.807, 2.05) is 80.8 Å². The van der Waals surface area contributed by atoms with Crippen LogP contribution >= 0.6 is 0 Å². The fourth-order valence-corrected chi connectivity index (χ4v) is 4.61. The largest absolute Gasteiger partial charge is 0.481 e. The van der Waals surface area contributed by atoms with Gasteiger partial charge in [-0.05, 0) is 73.7 Å². The van der Waals surface area contributed by atoms with E-state index >= 15 is 0 Å². The number of amides is 1. The number of aliphatic hydroxyl groups excluding tert-OH is 1. The van der Waals surface area contributed by atoms with Gasteiger partial charge < -0.3 is 20.1 Å². The van der Waals surface area contributed by atoms with E-state index in [1.165, 1.54) is 12.1 Å². The van der Waals surface area contributed by atoms with Gasteiger partial charge in [-0.3, -0.25) is 9.59 Å². The maximum Gasteiger partial charge on any atom is 0.305 e. The van der Waals surface area contributed by atoms with E-state index in [9.17, 15) is 19.1 Å². The number of nitrogens with one attached hydrogen (secondary N) is 1. The number of nitrogens with zero attached hydrogens (tertiary/aromatic N) is 1. The predicted octanol–water partition coefficient (Wildman–Crippen LogP) is 6.88. The van der Waals surface area contributed by atoms with Gasteiger partial charge in [-0.15, -0.1) is 0 Å². The molecule has 0 saturated heterocycles. The molecule has 0 fully saturated rings. The van der Waals surface area contributed by atoms with Crippen molar-refractivity contribution in [2.75, 3.05) is 5.32 Å². The normalized spacial score (nSPS) is 12.8. The van der Waals surface area contributed by atoms with Crippen molar-refractivity contribution in [1.82, 2.24) is 4.57 Å². The number of allylic oxidation sites excluding steroid dienone is 4. The zero-order valence-corrected chi connectivity index (χ0v) is 22.2. The topological polar surface area (TPSA) is 91.6 Å². The lowest BCUT2D eigenvalue weighted by atomic mass is 9.94. The van der Waals surface area contributed by atoms with Gasteiger partial charge in [0.15, 0.2) is 0 Å². The molecule has 1 atom stereocenters. The molecule has 1 amide bonds. The maximum absolute atomic E-state index is 13.9. The first-order valence-corrected chi connectivity index (χ1v) is 12.7. The average Bonchev–Trinajstić information content (AvgIpc) is 3.22. The van der Waals surface area contributed by atoms with Gasteiger partial charge in [-0.1, -0.05) is 50.3 Å². The summed E-state index contributed by atoms with van der Waals surface area (Å²) >= 11 is 0. The van der Waals surface area contributed by atoms with Gasteiger partial charge in [0, 0.05) is 23.5 Å². The molecular weight excluding hydrogens is 483 g/mol. The Bertz CT molecular complexity index is 1320. The van der Waals surface area contributed by atoms with Crippen molar-refractivity contribution >= 4 is 23.1 Å². The van der Waals surface area contributed by atoms with Crippen molar-refractivity contribution < 1.29 is 24.2 Å². The molecule has 1 aromatic heterocycles. The Morgan fingerprint density at radius 2 is 1.71 bits per heavy atom. The highest BCUT2D eigenvalue weighted by Crippen LogP contribution is 2.40. The number of anilines is 1. The minimum absolute atomic E-state index is 0.0920. The summed E-state index contributed by atoms with van der Waals surface area (Å²) in [5, 5.41) is 22.5. The number of aliphatic hydroxyl groups is 1. The van der Waals surface area contributed by atoms with E-state index in [1.54, 1.807) is 12.1 Å². The van der Waals surface area contributed by atoms with E-state index in [0.717, 1.165) is 11.3 Å². The fourth-order valence-electron chi connectivity index (χ4n) is 4.61. The summed E-state index contributed by atoms with van der Waals surface area (Å²) in [6.07, 6.45) is 4.46. The van der Waals surface area contributed by atoms with E-state index < -0.39 is 12.1 Å². The molecule has 1 unspecified atom stereocenters. The van der Waals surface area contributed by atoms with Gasteiger partial charge in [-0.25, -0.2) is 4.39 Å². The Balaban J connectivity index is 2.32. The van der Waals surface area contributed by atoms with Crippen molar-refractivity contribution in [3.63, 3.8) is 0 Å². The molecule has 2 aromatic carbocycles. The molecule has 0 radical (unpaired) electrons. The number of hydrogen-bond donors (Lipinski definition) is 3. The van der Waals surface area contributed by atoms with Gasteiger partial charge in [0.2, 0.25) is 0 Å². The molecule has 6 nitrogen and oxygen atoms in total. The number of aliphatic carboxylic acids is 1. The third-order valence-corrected chi connectivity index (χ3v) is 6.26. The van der Waals surface area contributed by atoms with Crippen LogP contribution in [0.15, 0.2) is 72.8 Å². The highest BCUT2D eigenvalue weighted by atomic mass is 19.1. The molecule has 7 heteroatoms. The van der Waals surface area contributed by atoms with Crippen LogP contribution < -0.4 is 5.32 Å². The summed E-state index contributed by atoms with van der Waals surface area (Å²) in [5.41, 5.74) is 4.88. The predicted molar refractivity (Wildman–Crippen MR) is 150 cm³/mol. The Morgan fingerprint density at radius 1 is 1.05 bits per heavy atom. The summed E-state index contributed by atoms with van der Waals surface area (Å²) in [7, 11) is 0. The van der Waals surface area contributed by atoms with E-state index in [-0.39, 0.29) is 37.0 Å². The molecule has 1 heterocycles. The molecule has 3 N–H and O–H groups in total. The van der Waals surface area contributed by atoms with Crippen LogP contribution in [0.2, 0.25) is 0 Å². The third-order valence-electron chi connectivity index (χ3n) is 6.26. The number of benzene rings is 2. The van der Waals surface area contributed by atoms with Crippen LogP contribution in [0.5, 0.6) is 0 Å². The van der Waals surface area contributed by atoms with Crippen molar-refractivity contribution in [3.8, 4) is 11.3 Å². The average molecular weight is 519 g/mol. The number of hydrogen-bond acceptors (Lipinski definition) is 3. The van der Waals surface area contributed by atoms with Crippen LogP contribution in [0.1, 0.15) is 68.1 Å². The summed E-state index contributed by atoms with van der Waals surface area (Å²) in [4.78, 5) is 25.1. The lowest BCUT2D eigenvalue weighted by Crippen LogP contribution is -2.19. The van der Waals surface area contributed by atoms with Crippen LogP contribution in [0, 0.1) is 5.82 Å². The minimum Gasteiger partial charge on any atom is -0.481 e. The Kier molecular flexibility index (Phi) is 9.79. The summed E-state index contributed by atoms with van der Waals surface area (Å²) in [6, 6.07) is 15.3. The highest BCUT2D eigenvalue weighted by Gasteiger charge is 2.30. The zero-order chi connectivity index (χ0) is 27.8. The van der Waals surface area contributed by atoms with Crippen LogP contribution in [0.25, 0.3) is 16.8 Å².